The first-order valence-corrected chi connectivity index (χ1v) is 12.3. The molecule has 3 rings (SSSR count). The minimum Gasteiger partial charge on any atom is -0.147 e. The van der Waals surface area contributed by atoms with Crippen molar-refractivity contribution < 1.29 is 0 Å². The highest BCUT2D eigenvalue weighted by atomic mass is 79.9. The smallest absolute Gasteiger partial charge is 0.0511 e. The molecule has 1 aliphatic heterocycles. The maximum absolute atomic E-state index is 4.12. The molecule has 0 nitrogen and oxygen atoms in total. The lowest BCUT2D eigenvalue weighted by Crippen LogP contribution is -1.93. The molecule has 0 spiro atoms. The van der Waals surface area contributed by atoms with Gasteiger partial charge in [0, 0.05) is 30.2 Å². The summed E-state index contributed by atoms with van der Waals surface area (Å²) >= 11 is 17.1. The highest BCUT2D eigenvalue weighted by Crippen LogP contribution is 2.35. The fourth-order valence-electron chi connectivity index (χ4n) is 1.88. The summed E-state index contributed by atoms with van der Waals surface area (Å²) in [5, 5.41) is 0. The van der Waals surface area contributed by atoms with Crippen molar-refractivity contribution in [2.45, 2.75) is 20.8 Å². The van der Waals surface area contributed by atoms with Gasteiger partial charge in [0.15, 0.2) is 0 Å². The van der Waals surface area contributed by atoms with E-state index < -0.39 is 0 Å². The summed E-state index contributed by atoms with van der Waals surface area (Å²) in [6, 6.07) is 16.4. The average molecular weight is 510 g/mol. The van der Waals surface area contributed by atoms with Gasteiger partial charge in [-0.3, -0.25) is 0 Å². The first-order valence-electron chi connectivity index (χ1n) is 7.19. The van der Waals surface area contributed by atoms with Gasteiger partial charge >= 0.3 is 0 Å². The van der Waals surface area contributed by atoms with Crippen molar-refractivity contribution >= 4 is 79.8 Å². The summed E-state index contributed by atoms with van der Waals surface area (Å²) in [7, 11) is 0. The summed E-state index contributed by atoms with van der Waals surface area (Å²) in [6.45, 7) is 0. The van der Waals surface area contributed by atoms with Crippen molar-refractivity contribution in [1.82, 2.24) is 0 Å². The number of halogens is 2. The lowest BCUT2D eigenvalue weighted by atomic mass is 10.4. The Morgan fingerprint density at radius 3 is 2.22 bits per heavy atom. The molecule has 0 unspecified atom stereocenters. The molecule has 124 valence electrons. The first kappa shape index (κ1) is 20.1. The number of rotatable bonds is 4. The highest BCUT2D eigenvalue weighted by Gasteiger charge is 2.15. The molecular formula is C17H18Br2S4. The van der Waals surface area contributed by atoms with Crippen LogP contribution < -0.4 is 0 Å². The summed E-state index contributed by atoms with van der Waals surface area (Å²) in [5.74, 6) is 3.93. The highest BCUT2D eigenvalue weighted by molar-refractivity contribution is 9.10. The zero-order chi connectivity index (χ0) is 16.5. The zero-order valence-corrected chi connectivity index (χ0v) is 19.0. The predicted molar refractivity (Wildman–Crippen MR) is 120 cm³/mol. The quantitative estimate of drug-likeness (QED) is 0.335. The second-order valence-electron chi connectivity index (χ2n) is 4.75. The molecule has 1 saturated heterocycles. The van der Waals surface area contributed by atoms with Gasteiger partial charge in [0.1, 0.15) is 0 Å². The van der Waals surface area contributed by atoms with Crippen LogP contribution in [0.2, 0.25) is 0 Å². The van der Waals surface area contributed by atoms with Gasteiger partial charge in [-0.15, -0.1) is 47.9 Å². The van der Waals surface area contributed by atoms with Gasteiger partial charge in [-0.25, -0.2) is 0 Å². The molecule has 0 N–H and O–H groups in total. The van der Waals surface area contributed by atoms with Crippen LogP contribution in [0.25, 0.3) is 0 Å². The van der Waals surface area contributed by atoms with Crippen molar-refractivity contribution in [1.29, 1.82) is 0 Å². The Bertz CT molecular complexity index is 583. The molecule has 1 aliphatic rings. The Kier molecular flexibility index (Phi) is 9.99. The molecule has 1 heterocycles. The first-order chi connectivity index (χ1) is 11.1. The molecule has 2 aromatic carbocycles. The molecule has 0 atom stereocenters. The molecule has 0 amide bonds. The van der Waals surface area contributed by atoms with Gasteiger partial charge in [-0.2, -0.15) is 0 Å². The minimum atomic E-state index is 0.852. The Morgan fingerprint density at radius 1 is 1.00 bits per heavy atom. The molecule has 23 heavy (non-hydrogen) atoms. The number of hydrogen-bond acceptors (Lipinski definition) is 4. The van der Waals surface area contributed by atoms with Gasteiger partial charge in [0.25, 0.3) is 0 Å². The molecule has 2 aromatic rings. The largest absolute Gasteiger partial charge is 0.147 e. The maximum atomic E-state index is 4.12. The number of thioether (sulfide) groups is 3. The molecule has 0 bridgehead atoms. The van der Waals surface area contributed by atoms with E-state index in [1.807, 2.05) is 36.0 Å². The number of hydrogen-bond donors (Lipinski definition) is 1. The van der Waals surface area contributed by atoms with Gasteiger partial charge in [0.2, 0.25) is 0 Å². The van der Waals surface area contributed by atoms with E-state index in [2.05, 4.69) is 92.3 Å². The van der Waals surface area contributed by atoms with E-state index in [1.54, 1.807) is 0 Å². The Labute approximate surface area is 174 Å². The third kappa shape index (κ3) is 8.63. The van der Waals surface area contributed by atoms with Crippen LogP contribution in [0, 0.1) is 0 Å². The van der Waals surface area contributed by atoms with Crippen molar-refractivity contribution in [3.05, 3.63) is 57.5 Å². The fraction of sp³-hybridized carbons (Fsp3) is 0.294. The van der Waals surface area contributed by atoms with E-state index in [4.69, 9.17) is 0 Å². The third-order valence-corrected chi connectivity index (χ3v) is 8.38. The molecule has 1 fully saturated rings. The van der Waals surface area contributed by atoms with Crippen molar-refractivity contribution in [3.8, 4) is 0 Å². The van der Waals surface area contributed by atoms with Crippen LogP contribution in [0.15, 0.2) is 67.3 Å². The maximum Gasteiger partial charge on any atom is 0.0511 e. The van der Waals surface area contributed by atoms with Crippen LogP contribution in [0.4, 0.5) is 0 Å². The summed E-state index contributed by atoms with van der Waals surface area (Å²) in [5.41, 5.74) is 0. The van der Waals surface area contributed by atoms with Crippen LogP contribution in [0.1, 0.15) is 6.42 Å². The molecule has 0 aliphatic carbocycles. The van der Waals surface area contributed by atoms with Crippen molar-refractivity contribution in [2.24, 2.45) is 0 Å². The summed E-state index contributed by atoms with van der Waals surface area (Å²) in [6.07, 6.45) is 1.33. The lowest BCUT2D eigenvalue weighted by molar-refractivity contribution is 1.08. The van der Waals surface area contributed by atoms with Crippen LogP contribution in [0.3, 0.4) is 0 Å². The van der Waals surface area contributed by atoms with Crippen LogP contribution >= 0.6 is 79.8 Å². The Morgan fingerprint density at radius 2 is 1.65 bits per heavy atom. The summed E-state index contributed by atoms with van der Waals surface area (Å²) in [4.78, 5) is 2.36. The van der Waals surface area contributed by atoms with E-state index >= 15 is 0 Å². The van der Waals surface area contributed by atoms with Gasteiger partial charge < -0.3 is 0 Å². The standard InChI is InChI=1S/C11H13BrS3.C6H5BrS/c12-9-2-1-3-10(8-9)13-5-4-11-14-6-7-15-11;7-5-2-1-3-6(8)4-5/h1-3,8,11H,4-7H2;1-4,8H. The second-order valence-corrected chi connectivity index (χ2v) is 11.2. The average Bonchev–Trinajstić information content (AvgIpc) is 3.01. The SMILES string of the molecule is Brc1cccc(SCCC2SCCS2)c1.Sc1cccc(Br)c1. The van der Waals surface area contributed by atoms with Crippen LogP contribution in [0.5, 0.6) is 0 Å². The molecular weight excluding hydrogens is 492 g/mol. The van der Waals surface area contributed by atoms with Gasteiger partial charge in [-0.05, 0) is 48.6 Å². The topological polar surface area (TPSA) is 0 Å². The third-order valence-electron chi connectivity index (χ3n) is 2.92. The van der Waals surface area contributed by atoms with E-state index in [0.717, 1.165) is 14.0 Å². The van der Waals surface area contributed by atoms with E-state index in [1.165, 1.54) is 33.0 Å². The van der Waals surface area contributed by atoms with Gasteiger partial charge in [0.05, 0.1) is 4.58 Å². The monoisotopic (exact) mass is 508 g/mol. The molecule has 0 radical (unpaired) electrons. The van der Waals surface area contributed by atoms with E-state index in [0.29, 0.717) is 0 Å². The lowest BCUT2D eigenvalue weighted by Gasteiger charge is -2.07. The van der Waals surface area contributed by atoms with E-state index in [-0.39, 0.29) is 0 Å². The number of thiol groups is 1. The minimum absolute atomic E-state index is 0.852. The van der Waals surface area contributed by atoms with Crippen LogP contribution in [-0.4, -0.2) is 21.8 Å². The fourth-order valence-corrected chi connectivity index (χ4v) is 7.33. The second kappa shape index (κ2) is 11.4. The van der Waals surface area contributed by atoms with Crippen molar-refractivity contribution in [3.63, 3.8) is 0 Å². The normalized spacial score (nSPS) is 14.4. The van der Waals surface area contributed by atoms with E-state index in [9.17, 15) is 0 Å². The zero-order valence-electron chi connectivity index (χ0n) is 12.5. The summed E-state index contributed by atoms with van der Waals surface area (Å²) < 4.78 is 3.10. The van der Waals surface area contributed by atoms with Gasteiger partial charge in [-0.1, -0.05) is 44.0 Å². The molecule has 0 aromatic heterocycles. The number of benzene rings is 2. The predicted octanol–water partition coefficient (Wildman–Crippen LogP) is 7.48. The Balaban J connectivity index is 0.000000203. The molecule has 0 saturated carbocycles. The molecule has 6 heteroatoms. The van der Waals surface area contributed by atoms with Crippen molar-refractivity contribution in [2.75, 3.05) is 17.3 Å². The Hall–Kier alpha value is 0.800. The van der Waals surface area contributed by atoms with Crippen LogP contribution in [-0.2, 0) is 0 Å².